The van der Waals surface area contributed by atoms with Crippen molar-refractivity contribution in [2.45, 2.75) is 4.90 Å². The van der Waals surface area contributed by atoms with Gasteiger partial charge in [0.25, 0.3) is 0 Å². The van der Waals surface area contributed by atoms with Crippen molar-refractivity contribution >= 4 is 46.7 Å². The lowest BCUT2D eigenvalue weighted by Crippen LogP contribution is -2.36. The van der Waals surface area contributed by atoms with Crippen LogP contribution in [0.4, 0.5) is 17.2 Å². The molecule has 2 aromatic heterocycles. The van der Waals surface area contributed by atoms with E-state index in [4.69, 9.17) is 4.74 Å². The van der Waals surface area contributed by atoms with Crippen LogP contribution in [0.15, 0.2) is 71.9 Å². The Kier molecular flexibility index (Phi) is 5.85. The zero-order chi connectivity index (χ0) is 22.8. The molecule has 0 spiro atoms. The number of anilines is 3. The molecule has 0 radical (unpaired) electrons. The number of para-hydroxylation sites is 1. The second-order valence-corrected chi connectivity index (χ2v) is 8.21. The zero-order valence-corrected chi connectivity index (χ0v) is 18.6. The number of hydrogen-bond acceptors (Lipinski definition) is 7. The van der Waals surface area contributed by atoms with Crippen LogP contribution in [0.25, 0.3) is 22.0 Å². The van der Waals surface area contributed by atoms with Gasteiger partial charge in [-0.05, 0) is 42.0 Å². The van der Waals surface area contributed by atoms with Gasteiger partial charge in [0, 0.05) is 41.3 Å². The van der Waals surface area contributed by atoms with Crippen molar-refractivity contribution in [3.05, 3.63) is 72.6 Å². The summed E-state index contributed by atoms with van der Waals surface area (Å²) in [4.78, 5) is 23.6. The van der Waals surface area contributed by atoms with Gasteiger partial charge in [0.1, 0.15) is 5.82 Å². The molecule has 1 saturated heterocycles. The normalized spacial score (nSPS) is 13.8. The SMILES string of the molecule is O=C(O)c1ccccc1Nc1c(S)cnc2ccc(-c3ccc(N4CCOCC4)nc3)cc12. The van der Waals surface area contributed by atoms with Crippen molar-refractivity contribution in [1.29, 1.82) is 0 Å². The van der Waals surface area contributed by atoms with E-state index in [9.17, 15) is 9.90 Å². The maximum Gasteiger partial charge on any atom is 0.337 e. The third-order valence-electron chi connectivity index (χ3n) is 5.68. The average molecular weight is 459 g/mol. The highest BCUT2D eigenvalue weighted by Gasteiger charge is 2.15. The Labute approximate surface area is 196 Å². The number of carboxylic acids is 1. The Bertz CT molecular complexity index is 1320. The first-order valence-corrected chi connectivity index (χ1v) is 11.0. The van der Waals surface area contributed by atoms with Crippen LogP contribution in [0.5, 0.6) is 0 Å². The van der Waals surface area contributed by atoms with Gasteiger partial charge in [0.2, 0.25) is 0 Å². The van der Waals surface area contributed by atoms with Crippen molar-refractivity contribution in [2.75, 3.05) is 36.5 Å². The van der Waals surface area contributed by atoms with E-state index in [-0.39, 0.29) is 5.56 Å². The maximum absolute atomic E-state index is 11.7. The van der Waals surface area contributed by atoms with E-state index in [1.54, 1.807) is 30.5 Å². The number of pyridine rings is 2. The Morgan fingerprint density at radius 3 is 2.55 bits per heavy atom. The van der Waals surface area contributed by atoms with Crippen LogP contribution in [0.1, 0.15) is 10.4 Å². The lowest BCUT2D eigenvalue weighted by Gasteiger charge is -2.27. The Hall–Kier alpha value is -3.62. The van der Waals surface area contributed by atoms with E-state index in [0.29, 0.717) is 29.5 Å². The summed E-state index contributed by atoms with van der Waals surface area (Å²) >= 11 is 4.58. The van der Waals surface area contributed by atoms with Gasteiger partial charge in [0.05, 0.1) is 35.7 Å². The van der Waals surface area contributed by atoms with Gasteiger partial charge in [-0.25, -0.2) is 9.78 Å². The van der Waals surface area contributed by atoms with Crippen LogP contribution in [0.3, 0.4) is 0 Å². The number of nitrogens with one attached hydrogen (secondary N) is 1. The van der Waals surface area contributed by atoms with E-state index in [2.05, 4.69) is 38.9 Å². The summed E-state index contributed by atoms with van der Waals surface area (Å²) in [5.41, 5.74) is 4.14. The average Bonchev–Trinajstić information content (AvgIpc) is 2.86. The maximum atomic E-state index is 11.7. The number of carbonyl (C=O) groups is 1. The highest BCUT2D eigenvalue weighted by molar-refractivity contribution is 7.80. The largest absolute Gasteiger partial charge is 0.478 e. The van der Waals surface area contributed by atoms with Crippen LogP contribution >= 0.6 is 12.6 Å². The van der Waals surface area contributed by atoms with Gasteiger partial charge in [-0.3, -0.25) is 4.98 Å². The third kappa shape index (κ3) is 4.35. The quantitative estimate of drug-likeness (QED) is 0.368. The molecule has 5 rings (SSSR count). The highest BCUT2D eigenvalue weighted by atomic mass is 32.1. The van der Waals surface area contributed by atoms with Gasteiger partial charge in [-0.15, -0.1) is 12.6 Å². The van der Waals surface area contributed by atoms with Crippen LogP contribution in [0, 0.1) is 0 Å². The van der Waals surface area contributed by atoms with Gasteiger partial charge < -0.3 is 20.1 Å². The van der Waals surface area contributed by atoms with Crippen molar-refractivity contribution in [3.8, 4) is 11.1 Å². The fourth-order valence-corrected chi connectivity index (χ4v) is 4.18. The number of morpholine rings is 1. The van der Waals surface area contributed by atoms with Gasteiger partial charge in [-0.2, -0.15) is 0 Å². The number of fused-ring (bicyclic) bond motifs is 1. The Morgan fingerprint density at radius 2 is 1.79 bits per heavy atom. The topological polar surface area (TPSA) is 87.6 Å². The summed E-state index contributed by atoms with van der Waals surface area (Å²) in [5, 5.41) is 13.7. The van der Waals surface area contributed by atoms with Gasteiger partial charge in [-0.1, -0.05) is 18.2 Å². The summed E-state index contributed by atoms with van der Waals surface area (Å²) in [6, 6.07) is 16.9. The molecule has 0 unspecified atom stereocenters. The molecule has 3 heterocycles. The minimum absolute atomic E-state index is 0.189. The molecule has 2 aromatic carbocycles. The van der Waals surface area contributed by atoms with E-state index in [0.717, 1.165) is 40.9 Å². The zero-order valence-electron chi connectivity index (χ0n) is 17.7. The predicted octanol–water partition coefficient (Wildman–Crippen LogP) is 4.86. The molecule has 7 nitrogen and oxygen atoms in total. The molecule has 1 aliphatic heterocycles. The minimum Gasteiger partial charge on any atom is -0.478 e. The highest BCUT2D eigenvalue weighted by Crippen LogP contribution is 2.35. The number of rotatable bonds is 5. The minimum atomic E-state index is -0.996. The molecule has 33 heavy (non-hydrogen) atoms. The van der Waals surface area contributed by atoms with Crippen molar-refractivity contribution < 1.29 is 14.6 Å². The standard InChI is InChI=1S/C25H22N4O3S/c30-25(31)18-3-1-2-4-21(18)28-24-19-13-16(5-7-20(19)26-15-22(24)33)17-6-8-23(27-14-17)29-9-11-32-12-10-29/h1-8,13-15,33H,9-12H2,(H,26,28)(H,30,31). The molecule has 8 heteroatoms. The molecule has 1 fully saturated rings. The molecule has 0 atom stereocenters. The van der Waals surface area contributed by atoms with Crippen LogP contribution in [-0.4, -0.2) is 47.3 Å². The molecule has 0 saturated carbocycles. The summed E-state index contributed by atoms with van der Waals surface area (Å²) in [5.74, 6) is -0.0564. The van der Waals surface area contributed by atoms with E-state index < -0.39 is 5.97 Å². The fourth-order valence-electron chi connectivity index (χ4n) is 3.94. The number of carboxylic acid groups (broad SMARTS) is 1. The fraction of sp³-hybridized carbons (Fsp3) is 0.160. The van der Waals surface area contributed by atoms with Crippen molar-refractivity contribution in [2.24, 2.45) is 0 Å². The number of thiol groups is 1. The first-order valence-electron chi connectivity index (χ1n) is 10.6. The first-order chi connectivity index (χ1) is 16.1. The van der Waals surface area contributed by atoms with Crippen molar-refractivity contribution in [3.63, 3.8) is 0 Å². The number of aromatic carboxylic acids is 1. The number of nitrogens with zero attached hydrogens (tertiary/aromatic N) is 3. The second kappa shape index (κ2) is 9.09. The van der Waals surface area contributed by atoms with E-state index >= 15 is 0 Å². The lowest BCUT2D eigenvalue weighted by molar-refractivity contribution is 0.0698. The summed E-state index contributed by atoms with van der Waals surface area (Å²) in [6.07, 6.45) is 3.53. The Morgan fingerprint density at radius 1 is 1.00 bits per heavy atom. The van der Waals surface area contributed by atoms with Crippen LogP contribution in [0.2, 0.25) is 0 Å². The number of aromatic nitrogens is 2. The van der Waals surface area contributed by atoms with E-state index in [1.807, 2.05) is 30.5 Å². The number of ether oxygens (including phenoxy) is 1. The molecule has 2 N–H and O–H groups in total. The molecule has 4 aromatic rings. The molecular weight excluding hydrogens is 436 g/mol. The monoisotopic (exact) mass is 458 g/mol. The van der Waals surface area contributed by atoms with E-state index in [1.165, 1.54) is 0 Å². The first kappa shape index (κ1) is 21.2. The summed E-state index contributed by atoms with van der Waals surface area (Å²) < 4.78 is 5.42. The Balaban J connectivity index is 1.52. The van der Waals surface area contributed by atoms with Gasteiger partial charge in [0.15, 0.2) is 0 Å². The molecule has 0 aliphatic carbocycles. The van der Waals surface area contributed by atoms with Crippen LogP contribution in [-0.2, 0) is 4.74 Å². The molecule has 166 valence electrons. The summed E-state index contributed by atoms with van der Waals surface area (Å²) in [6.45, 7) is 3.11. The van der Waals surface area contributed by atoms with Crippen LogP contribution < -0.4 is 10.2 Å². The molecular formula is C25H22N4O3S. The second-order valence-electron chi connectivity index (χ2n) is 7.73. The summed E-state index contributed by atoms with van der Waals surface area (Å²) in [7, 11) is 0. The lowest BCUT2D eigenvalue weighted by atomic mass is 10.0. The predicted molar refractivity (Wildman–Crippen MR) is 132 cm³/mol. The third-order valence-corrected chi connectivity index (χ3v) is 6.02. The van der Waals surface area contributed by atoms with Gasteiger partial charge >= 0.3 is 5.97 Å². The molecule has 0 bridgehead atoms. The smallest absolute Gasteiger partial charge is 0.337 e. The molecule has 1 aliphatic rings. The molecule has 0 amide bonds. The van der Waals surface area contributed by atoms with Crippen molar-refractivity contribution in [1.82, 2.24) is 9.97 Å². The number of benzene rings is 2. The number of hydrogen-bond donors (Lipinski definition) is 3.